The first-order chi connectivity index (χ1) is 9.19. The second-order valence-electron chi connectivity index (χ2n) is 5.91. The highest BCUT2D eigenvalue weighted by Gasteiger charge is 2.19. The van der Waals surface area contributed by atoms with Crippen molar-refractivity contribution in [2.45, 2.75) is 46.2 Å². The van der Waals surface area contributed by atoms with E-state index in [4.69, 9.17) is 0 Å². The number of piperidine rings is 1. The van der Waals surface area contributed by atoms with Crippen molar-refractivity contribution in [3.05, 3.63) is 18.0 Å². The molecule has 4 nitrogen and oxygen atoms in total. The van der Waals surface area contributed by atoms with E-state index in [1.54, 1.807) is 0 Å². The number of nitrogens with zero attached hydrogens (tertiary/aromatic N) is 3. The molecule has 0 saturated carbocycles. The van der Waals surface area contributed by atoms with Crippen LogP contribution in [0.25, 0.3) is 0 Å². The predicted octanol–water partition coefficient (Wildman–Crippen LogP) is 2.71. The van der Waals surface area contributed by atoms with Gasteiger partial charge < -0.3 is 5.32 Å². The van der Waals surface area contributed by atoms with E-state index in [0.29, 0.717) is 6.04 Å². The summed E-state index contributed by atoms with van der Waals surface area (Å²) >= 11 is 0. The number of halogens is 1. The van der Waals surface area contributed by atoms with Crippen molar-refractivity contribution in [3.8, 4) is 0 Å². The summed E-state index contributed by atoms with van der Waals surface area (Å²) in [6, 6.07) is 2.62. The Bertz CT molecular complexity index is 370. The van der Waals surface area contributed by atoms with Gasteiger partial charge in [-0.05, 0) is 64.9 Å². The topological polar surface area (TPSA) is 33.1 Å². The van der Waals surface area contributed by atoms with E-state index >= 15 is 0 Å². The van der Waals surface area contributed by atoms with Gasteiger partial charge in [0.15, 0.2) is 0 Å². The van der Waals surface area contributed by atoms with Crippen molar-refractivity contribution < 1.29 is 0 Å². The van der Waals surface area contributed by atoms with Crippen LogP contribution in [0.3, 0.4) is 0 Å². The minimum atomic E-state index is 0. The molecule has 0 unspecified atom stereocenters. The molecule has 2 rings (SSSR count). The summed E-state index contributed by atoms with van der Waals surface area (Å²) in [5.74, 6) is 0.865. The van der Waals surface area contributed by atoms with Gasteiger partial charge in [-0.25, -0.2) is 0 Å². The van der Waals surface area contributed by atoms with Gasteiger partial charge in [0.1, 0.15) is 0 Å². The summed E-state index contributed by atoms with van der Waals surface area (Å²) in [5, 5.41) is 8.10. The Morgan fingerprint density at radius 3 is 2.60 bits per heavy atom. The Morgan fingerprint density at radius 2 is 2.05 bits per heavy atom. The van der Waals surface area contributed by atoms with Gasteiger partial charge in [0.2, 0.25) is 0 Å². The maximum absolute atomic E-state index is 4.64. The Hall–Kier alpha value is -0.580. The Kier molecular flexibility index (Phi) is 7.56. The highest BCUT2D eigenvalue weighted by molar-refractivity contribution is 5.85. The first-order valence-corrected chi connectivity index (χ1v) is 7.66. The average Bonchev–Trinajstić information content (AvgIpc) is 2.87. The summed E-state index contributed by atoms with van der Waals surface area (Å²) < 4.78 is 2.05. The molecule has 0 spiro atoms. The molecular weight excluding hydrogens is 272 g/mol. The molecule has 1 aromatic rings. The normalized spacial score (nSPS) is 17.4. The van der Waals surface area contributed by atoms with E-state index in [9.17, 15) is 0 Å². The van der Waals surface area contributed by atoms with E-state index in [1.807, 2.05) is 4.68 Å². The maximum atomic E-state index is 4.64. The van der Waals surface area contributed by atoms with Crippen LogP contribution in [0.15, 0.2) is 12.3 Å². The van der Waals surface area contributed by atoms with Crippen LogP contribution in [-0.2, 0) is 6.54 Å². The molecule has 116 valence electrons. The lowest BCUT2D eigenvalue weighted by Crippen LogP contribution is -2.37. The lowest BCUT2D eigenvalue weighted by Gasteiger charge is -2.31. The smallest absolute Gasteiger partial charge is 0.0764 e. The second kappa shape index (κ2) is 8.65. The first-order valence-electron chi connectivity index (χ1n) is 7.66. The van der Waals surface area contributed by atoms with Crippen molar-refractivity contribution in [1.29, 1.82) is 0 Å². The Labute approximate surface area is 129 Å². The van der Waals surface area contributed by atoms with E-state index in [2.05, 4.69) is 48.3 Å². The van der Waals surface area contributed by atoms with Crippen LogP contribution in [0.5, 0.6) is 0 Å². The highest BCUT2D eigenvalue weighted by Crippen LogP contribution is 2.18. The van der Waals surface area contributed by atoms with E-state index in [1.165, 1.54) is 38.2 Å². The monoisotopic (exact) mass is 300 g/mol. The molecule has 5 heteroatoms. The lowest BCUT2D eigenvalue weighted by atomic mass is 9.97. The quantitative estimate of drug-likeness (QED) is 0.877. The van der Waals surface area contributed by atoms with Gasteiger partial charge in [-0.2, -0.15) is 5.10 Å². The fourth-order valence-electron chi connectivity index (χ4n) is 2.68. The molecule has 1 saturated heterocycles. The van der Waals surface area contributed by atoms with Gasteiger partial charge in [0, 0.05) is 18.8 Å². The zero-order chi connectivity index (χ0) is 13.7. The number of likely N-dealkylation sites (tertiary alicyclic amines) is 1. The number of hydrogen-bond donors (Lipinski definition) is 1. The summed E-state index contributed by atoms with van der Waals surface area (Å²) in [6.45, 7) is 12.2. The second-order valence-corrected chi connectivity index (χ2v) is 5.91. The minimum absolute atomic E-state index is 0. The molecule has 0 aromatic carbocycles. The van der Waals surface area contributed by atoms with Gasteiger partial charge in [-0.1, -0.05) is 6.92 Å². The van der Waals surface area contributed by atoms with Crippen LogP contribution in [0, 0.1) is 5.92 Å². The van der Waals surface area contributed by atoms with Crippen LogP contribution in [-0.4, -0.2) is 40.9 Å². The zero-order valence-electron chi connectivity index (χ0n) is 13.0. The van der Waals surface area contributed by atoms with Crippen LogP contribution in [0.2, 0.25) is 0 Å². The minimum Gasteiger partial charge on any atom is -0.317 e. The molecule has 2 heterocycles. The van der Waals surface area contributed by atoms with E-state index in [0.717, 1.165) is 19.0 Å². The fraction of sp³-hybridized carbons (Fsp3) is 0.800. The van der Waals surface area contributed by atoms with Gasteiger partial charge in [0.05, 0.1) is 5.69 Å². The standard InChI is InChI=1S/C15H28N4.ClH/c1-4-16-11-14-5-8-18(9-6-14)12-15-7-10-19(17-15)13(2)3;/h7,10,13-14,16H,4-6,8-9,11-12H2,1-3H3;1H. The molecular formula is C15H29ClN4. The van der Waals surface area contributed by atoms with Crippen molar-refractivity contribution >= 4 is 12.4 Å². The molecule has 0 amide bonds. The van der Waals surface area contributed by atoms with Gasteiger partial charge in [0.25, 0.3) is 0 Å². The number of rotatable bonds is 6. The molecule has 0 atom stereocenters. The zero-order valence-corrected chi connectivity index (χ0v) is 13.8. The third kappa shape index (κ3) is 5.08. The molecule has 1 fully saturated rings. The molecule has 0 radical (unpaired) electrons. The number of aromatic nitrogens is 2. The predicted molar refractivity (Wildman–Crippen MR) is 86.4 cm³/mol. The average molecular weight is 301 g/mol. The van der Waals surface area contributed by atoms with Gasteiger partial charge in [-0.15, -0.1) is 12.4 Å². The maximum Gasteiger partial charge on any atom is 0.0764 e. The third-order valence-corrected chi connectivity index (χ3v) is 3.97. The SMILES string of the molecule is CCNCC1CCN(Cc2ccn(C(C)C)n2)CC1.Cl. The molecule has 1 aliphatic rings. The molecule has 0 bridgehead atoms. The summed E-state index contributed by atoms with van der Waals surface area (Å²) in [7, 11) is 0. The highest BCUT2D eigenvalue weighted by atomic mass is 35.5. The van der Waals surface area contributed by atoms with E-state index in [-0.39, 0.29) is 12.4 Å². The first kappa shape index (κ1) is 17.5. The van der Waals surface area contributed by atoms with Gasteiger partial charge in [-0.3, -0.25) is 9.58 Å². The van der Waals surface area contributed by atoms with Crippen molar-refractivity contribution in [2.75, 3.05) is 26.2 Å². The molecule has 20 heavy (non-hydrogen) atoms. The lowest BCUT2D eigenvalue weighted by molar-refractivity contribution is 0.173. The van der Waals surface area contributed by atoms with Crippen LogP contribution >= 0.6 is 12.4 Å². The largest absolute Gasteiger partial charge is 0.317 e. The fourth-order valence-corrected chi connectivity index (χ4v) is 2.68. The summed E-state index contributed by atoms with van der Waals surface area (Å²) in [6.07, 6.45) is 4.73. The Balaban J connectivity index is 0.00000200. The summed E-state index contributed by atoms with van der Waals surface area (Å²) in [5.41, 5.74) is 1.21. The van der Waals surface area contributed by atoms with Crippen LogP contribution < -0.4 is 5.32 Å². The van der Waals surface area contributed by atoms with Crippen molar-refractivity contribution in [1.82, 2.24) is 20.0 Å². The van der Waals surface area contributed by atoms with Crippen LogP contribution in [0.4, 0.5) is 0 Å². The third-order valence-electron chi connectivity index (χ3n) is 3.97. The molecule has 1 aliphatic heterocycles. The number of hydrogen-bond acceptors (Lipinski definition) is 3. The van der Waals surface area contributed by atoms with Gasteiger partial charge >= 0.3 is 0 Å². The molecule has 0 aliphatic carbocycles. The molecule has 1 aromatic heterocycles. The summed E-state index contributed by atoms with van der Waals surface area (Å²) in [4.78, 5) is 2.54. The van der Waals surface area contributed by atoms with Crippen molar-refractivity contribution in [2.24, 2.45) is 5.92 Å². The van der Waals surface area contributed by atoms with Crippen molar-refractivity contribution in [3.63, 3.8) is 0 Å². The Morgan fingerprint density at radius 1 is 1.35 bits per heavy atom. The van der Waals surface area contributed by atoms with Crippen LogP contribution in [0.1, 0.15) is 45.3 Å². The molecule has 1 N–H and O–H groups in total. The van der Waals surface area contributed by atoms with E-state index < -0.39 is 0 Å². The number of nitrogens with one attached hydrogen (secondary N) is 1.